The molecule has 2 aromatic rings. The Morgan fingerprint density at radius 1 is 1.32 bits per heavy atom. The maximum atomic E-state index is 13.8. The summed E-state index contributed by atoms with van der Waals surface area (Å²) in [5.41, 5.74) is -2.00. The highest BCUT2D eigenvalue weighted by Gasteiger charge is 2.18. The zero-order valence-electron chi connectivity index (χ0n) is 9.43. The van der Waals surface area contributed by atoms with Crippen LogP contribution in [0.15, 0.2) is 26.2 Å². The molecule has 1 heterocycles. The lowest BCUT2D eigenvalue weighted by molar-refractivity contribution is 0.572. The van der Waals surface area contributed by atoms with Gasteiger partial charge in [0.15, 0.2) is 5.82 Å². The number of nitrogens with one attached hydrogen (secondary N) is 1. The third kappa shape index (κ3) is 2.35. The average molecular weight is 352 g/mol. The van der Waals surface area contributed by atoms with Gasteiger partial charge in [-0.1, -0.05) is 11.6 Å². The highest BCUT2D eigenvalue weighted by molar-refractivity contribution is 9.10. The highest BCUT2D eigenvalue weighted by atomic mass is 79.9. The Morgan fingerprint density at radius 3 is 2.53 bits per heavy atom. The summed E-state index contributed by atoms with van der Waals surface area (Å²) in [4.78, 5) is 25.9. The second-order valence-electron chi connectivity index (χ2n) is 3.73. The van der Waals surface area contributed by atoms with Gasteiger partial charge in [-0.15, -0.1) is 0 Å². The van der Waals surface area contributed by atoms with Crippen molar-refractivity contribution < 1.29 is 8.78 Å². The molecule has 0 saturated heterocycles. The van der Waals surface area contributed by atoms with Gasteiger partial charge >= 0.3 is 5.69 Å². The first kappa shape index (κ1) is 14.0. The number of hydrogen-bond acceptors (Lipinski definition) is 2. The standard InChI is InChI=1S/C11H6BrClF2N2O2/c1-4-9(13)16-11(19)17(10(4)18)8-6(12)2-5(14)3-7(8)15/h2-3H,1H3,(H,16,19). The van der Waals surface area contributed by atoms with Crippen LogP contribution in [0, 0.1) is 18.6 Å². The molecule has 0 spiro atoms. The molecule has 0 bridgehead atoms. The first-order valence-electron chi connectivity index (χ1n) is 4.99. The Morgan fingerprint density at radius 2 is 1.95 bits per heavy atom. The number of nitrogens with zero attached hydrogens (tertiary/aromatic N) is 1. The molecule has 0 radical (unpaired) electrons. The third-order valence-corrected chi connectivity index (χ3v) is 3.46. The number of hydrogen-bond donors (Lipinski definition) is 1. The monoisotopic (exact) mass is 350 g/mol. The molecule has 0 fully saturated rings. The van der Waals surface area contributed by atoms with E-state index in [2.05, 4.69) is 20.9 Å². The summed E-state index contributed by atoms with van der Waals surface area (Å²) >= 11 is 8.57. The van der Waals surface area contributed by atoms with Crippen LogP contribution in [0.5, 0.6) is 0 Å². The van der Waals surface area contributed by atoms with Crippen LogP contribution in [0.2, 0.25) is 5.15 Å². The Kier molecular flexibility index (Phi) is 3.60. The van der Waals surface area contributed by atoms with E-state index in [1.165, 1.54) is 6.92 Å². The Labute approximate surface area is 118 Å². The van der Waals surface area contributed by atoms with Gasteiger partial charge in [-0.25, -0.2) is 18.1 Å². The quantitative estimate of drug-likeness (QED) is 0.803. The van der Waals surface area contributed by atoms with Crippen molar-refractivity contribution in [3.63, 3.8) is 0 Å². The Balaban J connectivity index is 2.93. The van der Waals surface area contributed by atoms with E-state index >= 15 is 0 Å². The third-order valence-electron chi connectivity index (χ3n) is 2.48. The topological polar surface area (TPSA) is 54.9 Å². The van der Waals surface area contributed by atoms with Gasteiger partial charge in [-0.3, -0.25) is 9.78 Å². The fraction of sp³-hybridized carbons (Fsp3) is 0.0909. The van der Waals surface area contributed by atoms with Crippen LogP contribution in [-0.2, 0) is 0 Å². The van der Waals surface area contributed by atoms with Crippen LogP contribution in [0.25, 0.3) is 5.69 Å². The predicted molar refractivity (Wildman–Crippen MR) is 70.0 cm³/mol. The van der Waals surface area contributed by atoms with Crippen molar-refractivity contribution in [1.82, 2.24) is 9.55 Å². The van der Waals surface area contributed by atoms with Crippen LogP contribution in [0.4, 0.5) is 8.78 Å². The first-order chi connectivity index (χ1) is 8.82. The molecule has 1 aromatic heterocycles. The molecule has 100 valence electrons. The Bertz CT molecular complexity index is 762. The van der Waals surface area contributed by atoms with Gasteiger partial charge in [-0.2, -0.15) is 0 Å². The molecular weight excluding hydrogens is 345 g/mol. The van der Waals surface area contributed by atoms with Gasteiger partial charge in [-0.05, 0) is 28.9 Å². The van der Waals surface area contributed by atoms with E-state index in [9.17, 15) is 18.4 Å². The summed E-state index contributed by atoms with van der Waals surface area (Å²) in [6.07, 6.45) is 0. The summed E-state index contributed by atoms with van der Waals surface area (Å²) in [6.45, 7) is 1.38. The largest absolute Gasteiger partial charge is 0.334 e. The van der Waals surface area contributed by atoms with Crippen molar-refractivity contribution in [3.8, 4) is 5.69 Å². The number of H-pyrrole nitrogens is 1. The zero-order chi connectivity index (χ0) is 14.3. The maximum absolute atomic E-state index is 13.8. The summed E-state index contributed by atoms with van der Waals surface area (Å²) in [5, 5.41) is -0.120. The van der Waals surface area contributed by atoms with Crippen molar-refractivity contribution in [3.05, 3.63) is 59.8 Å². The number of benzene rings is 1. The molecule has 0 unspecified atom stereocenters. The highest BCUT2D eigenvalue weighted by Crippen LogP contribution is 2.23. The molecule has 1 N–H and O–H groups in total. The molecule has 19 heavy (non-hydrogen) atoms. The fourth-order valence-corrected chi connectivity index (χ4v) is 2.30. The van der Waals surface area contributed by atoms with E-state index in [1.54, 1.807) is 0 Å². The van der Waals surface area contributed by atoms with E-state index in [1.807, 2.05) is 0 Å². The van der Waals surface area contributed by atoms with Gasteiger partial charge in [0.1, 0.15) is 16.7 Å². The van der Waals surface area contributed by atoms with Crippen LogP contribution in [-0.4, -0.2) is 9.55 Å². The number of rotatable bonds is 1. The van der Waals surface area contributed by atoms with Gasteiger partial charge in [0.2, 0.25) is 0 Å². The van der Waals surface area contributed by atoms with Crippen molar-refractivity contribution in [1.29, 1.82) is 0 Å². The molecule has 4 nitrogen and oxygen atoms in total. The van der Waals surface area contributed by atoms with Crippen molar-refractivity contribution >= 4 is 27.5 Å². The van der Waals surface area contributed by atoms with Crippen molar-refractivity contribution in [2.45, 2.75) is 6.92 Å². The molecule has 0 saturated carbocycles. The molecule has 0 atom stereocenters. The molecule has 8 heteroatoms. The Hall–Kier alpha value is -1.47. The number of aromatic nitrogens is 2. The smallest absolute Gasteiger partial charge is 0.297 e. The van der Waals surface area contributed by atoms with E-state index in [4.69, 9.17) is 11.6 Å². The lowest BCUT2D eigenvalue weighted by atomic mass is 10.2. The van der Waals surface area contributed by atoms with E-state index in [0.29, 0.717) is 10.6 Å². The van der Waals surface area contributed by atoms with Gasteiger partial charge in [0, 0.05) is 10.5 Å². The second-order valence-corrected chi connectivity index (χ2v) is 4.96. The fourth-order valence-electron chi connectivity index (χ4n) is 1.55. The minimum Gasteiger partial charge on any atom is -0.297 e. The minimum atomic E-state index is -1.04. The maximum Gasteiger partial charge on any atom is 0.334 e. The number of aromatic amines is 1. The molecule has 0 aliphatic heterocycles. The van der Waals surface area contributed by atoms with Crippen LogP contribution in [0.1, 0.15) is 5.56 Å². The lowest BCUT2D eigenvalue weighted by Gasteiger charge is -2.10. The van der Waals surface area contributed by atoms with E-state index < -0.39 is 22.9 Å². The first-order valence-corrected chi connectivity index (χ1v) is 6.16. The second kappa shape index (κ2) is 4.90. The SMILES string of the molecule is Cc1c(Cl)[nH]c(=O)n(-c2c(F)cc(F)cc2Br)c1=O. The van der Waals surface area contributed by atoms with Crippen LogP contribution < -0.4 is 11.2 Å². The van der Waals surface area contributed by atoms with Crippen LogP contribution >= 0.6 is 27.5 Å². The molecule has 1 aromatic carbocycles. The normalized spacial score (nSPS) is 10.8. The van der Waals surface area contributed by atoms with Crippen LogP contribution in [0.3, 0.4) is 0 Å². The summed E-state index contributed by atoms with van der Waals surface area (Å²) < 4.78 is 27.3. The van der Waals surface area contributed by atoms with Gasteiger partial charge in [0.05, 0.1) is 5.56 Å². The predicted octanol–water partition coefficient (Wildman–Crippen LogP) is 2.53. The summed E-state index contributed by atoms with van der Waals surface area (Å²) in [6, 6.07) is 1.53. The molecule has 2 rings (SSSR count). The summed E-state index contributed by atoms with van der Waals surface area (Å²) in [7, 11) is 0. The van der Waals surface area contributed by atoms with Gasteiger partial charge in [0.25, 0.3) is 5.56 Å². The summed E-state index contributed by atoms with van der Waals surface area (Å²) in [5.74, 6) is -1.87. The van der Waals surface area contributed by atoms with Crippen molar-refractivity contribution in [2.75, 3.05) is 0 Å². The number of halogens is 4. The zero-order valence-corrected chi connectivity index (χ0v) is 11.8. The lowest BCUT2D eigenvalue weighted by Crippen LogP contribution is -2.36. The molecule has 0 aliphatic carbocycles. The molecule has 0 aliphatic rings. The van der Waals surface area contributed by atoms with Crippen molar-refractivity contribution in [2.24, 2.45) is 0 Å². The van der Waals surface area contributed by atoms with E-state index in [-0.39, 0.29) is 20.9 Å². The minimum absolute atomic E-state index is 0.0527. The average Bonchev–Trinajstić information content (AvgIpc) is 2.29. The van der Waals surface area contributed by atoms with E-state index in [0.717, 1.165) is 6.07 Å². The molecular formula is C11H6BrClF2N2O2. The molecule has 0 amide bonds. The van der Waals surface area contributed by atoms with Gasteiger partial charge < -0.3 is 0 Å².